The largest absolute Gasteiger partial charge is 0.351 e. The molecule has 2 N–H and O–H groups in total. The lowest BCUT2D eigenvalue weighted by Gasteiger charge is -2.32. The van der Waals surface area contributed by atoms with Crippen LogP contribution in [0.5, 0.6) is 0 Å². The summed E-state index contributed by atoms with van der Waals surface area (Å²) in [5.74, 6) is -0.773. The third-order valence-corrected chi connectivity index (χ3v) is 6.87. The molecule has 0 aliphatic carbocycles. The standard InChI is InChI=1S/C31H36N4O5/c1-5-39-28(40-6-2)21-35-26-15-11-10-14-25(26)31(29(35)37,20-27(36)34(4)24-12-8-7-9-13-24)33-30(38)32-23-18-16-22(3)17-19-23/h7-19,28H,5-6,20-21H2,1-4H3,(H2,32,33,38). The van der Waals surface area contributed by atoms with Gasteiger partial charge in [-0.1, -0.05) is 54.1 Å². The number of aryl methyl sites for hydroxylation is 1. The highest BCUT2D eigenvalue weighted by Gasteiger charge is 2.54. The minimum atomic E-state index is -1.66. The Morgan fingerprint density at radius 1 is 0.925 bits per heavy atom. The molecule has 210 valence electrons. The van der Waals surface area contributed by atoms with Gasteiger partial charge in [-0.2, -0.15) is 0 Å². The number of carbonyl (C=O) groups is 3. The number of nitrogens with zero attached hydrogens (tertiary/aromatic N) is 2. The van der Waals surface area contributed by atoms with Crippen LogP contribution in [-0.4, -0.2) is 50.9 Å². The molecule has 1 heterocycles. The van der Waals surface area contributed by atoms with E-state index in [-0.39, 0.29) is 18.9 Å². The van der Waals surface area contributed by atoms with Gasteiger partial charge < -0.3 is 29.9 Å². The molecule has 3 aromatic rings. The van der Waals surface area contributed by atoms with Crippen molar-refractivity contribution in [3.63, 3.8) is 0 Å². The quantitative estimate of drug-likeness (QED) is 0.338. The lowest BCUT2D eigenvalue weighted by Crippen LogP contribution is -2.57. The predicted octanol–water partition coefficient (Wildman–Crippen LogP) is 4.81. The van der Waals surface area contributed by atoms with Crippen LogP contribution in [0.3, 0.4) is 0 Å². The smallest absolute Gasteiger partial charge is 0.320 e. The van der Waals surface area contributed by atoms with E-state index < -0.39 is 23.8 Å². The Balaban J connectivity index is 1.72. The summed E-state index contributed by atoms with van der Waals surface area (Å²) >= 11 is 0. The van der Waals surface area contributed by atoms with Crippen molar-refractivity contribution in [2.75, 3.05) is 41.9 Å². The molecule has 1 aliphatic heterocycles. The number of urea groups is 1. The number of benzene rings is 3. The normalized spacial score (nSPS) is 16.1. The van der Waals surface area contributed by atoms with E-state index in [1.807, 2.05) is 69.3 Å². The molecule has 0 radical (unpaired) electrons. The summed E-state index contributed by atoms with van der Waals surface area (Å²) < 4.78 is 11.5. The fraction of sp³-hybridized carbons (Fsp3) is 0.323. The average molecular weight is 545 g/mol. The first kappa shape index (κ1) is 28.8. The minimum Gasteiger partial charge on any atom is -0.351 e. The Kier molecular flexibility index (Phi) is 9.19. The van der Waals surface area contributed by atoms with Gasteiger partial charge in [-0.15, -0.1) is 0 Å². The van der Waals surface area contributed by atoms with Gasteiger partial charge in [-0.25, -0.2) is 4.79 Å². The molecular weight excluding hydrogens is 508 g/mol. The molecule has 40 heavy (non-hydrogen) atoms. The molecule has 3 aromatic carbocycles. The number of rotatable bonds is 11. The first-order chi connectivity index (χ1) is 19.3. The van der Waals surface area contributed by atoms with Crippen LogP contribution in [0.2, 0.25) is 0 Å². The lowest BCUT2D eigenvalue weighted by molar-refractivity contribution is -0.138. The van der Waals surface area contributed by atoms with Crippen molar-refractivity contribution in [1.82, 2.24) is 5.32 Å². The van der Waals surface area contributed by atoms with E-state index in [9.17, 15) is 14.4 Å². The predicted molar refractivity (Wildman–Crippen MR) is 155 cm³/mol. The second kappa shape index (κ2) is 12.8. The summed E-state index contributed by atoms with van der Waals surface area (Å²) in [7, 11) is 1.65. The highest BCUT2D eigenvalue weighted by molar-refractivity contribution is 6.13. The molecule has 0 fully saturated rings. The van der Waals surface area contributed by atoms with E-state index in [4.69, 9.17) is 9.47 Å². The van der Waals surface area contributed by atoms with Gasteiger partial charge in [-0.3, -0.25) is 9.59 Å². The monoisotopic (exact) mass is 544 g/mol. The Labute approximate surface area is 235 Å². The zero-order valence-electron chi connectivity index (χ0n) is 23.3. The van der Waals surface area contributed by atoms with Gasteiger partial charge in [0.25, 0.3) is 5.91 Å². The molecular formula is C31H36N4O5. The van der Waals surface area contributed by atoms with E-state index >= 15 is 0 Å². The highest BCUT2D eigenvalue weighted by Crippen LogP contribution is 2.43. The van der Waals surface area contributed by atoms with Gasteiger partial charge in [0.2, 0.25) is 5.91 Å². The SMILES string of the molecule is CCOC(CN1C(=O)C(CC(=O)N(C)c2ccccc2)(NC(=O)Nc2ccc(C)cc2)c2ccccc21)OCC. The Morgan fingerprint density at radius 3 is 2.20 bits per heavy atom. The third-order valence-electron chi connectivity index (χ3n) is 6.87. The second-order valence-corrected chi connectivity index (χ2v) is 9.59. The van der Waals surface area contributed by atoms with Crippen LogP contribution in [0.25, 0.3) is 0 Å². The average Bonchev–Trinajstić information content (AvgIpc) is 3.17. The molecule has 4 amide bonds. The summed E-state index contributed by atoms with van der Waals surface area (Å²) in [6, 6.07) is 23.0. The fourth-order valence-electron chi connectivity index (χ4n) is 4.85. The van der Waals surface area contributed by atoms with Crippen LogP contribution in [0, 0.1) is 6.92 Å². The molecule has 0 saturated carbocycles. The van der Waals surface area contributed by atoms with Crippen molar-refractivity contribution < 1.29 is 23.9 Å². The molecule has 1 unspecified atom stereocenters. The van der Waals surface area contributed by atoms with E-state index in [1.54, 1.807) is 37.4 Å². The molecule has 0 aromatic heterocycles. The zero-order chi connectivity index (χ0) is 28.7. The maximum absolute atomic E-state index is 14.4. The fourth-order valence-corrected chi connectivity index (χ4v) is 4.85. The van der Waals surface area contributed by atoms with E-state index in [2.05, 4.69) is 10.6 Å². The first-order valence-corrected chi connectivity index (χ1v) is 13.4. The van der Waals surface area contributed by atoms with Crippen LogP contribution in [0.15, 0.2) is 78.9 Å². The summed E-state index contributed by atoms with van der Waals surface area (Å²) in [5.41, 5.74) is 1.74. The maximum Gasteiger partial charge on any atom is 0.320 e. The number of hydrogen-bond acceptors (Lipinski definition) is 5. The Bertz CT molecular complexity index is 1330. The number of fused-ring (bicyclic) bond motifs is 1. The van der Waals surface area contributed by atoms with Gasteiger partial charge in [-0.05, 0) is 51.1 Å². The van der Waals surface area contributed by atoms with Crippen molar-refractivity contribution >= 4 is 34.9 Å². The van der Waals surface area contributed by atoms with Gasteiger partial charge in [0, 0.05) is 37.2 Å². The highest BCUT2D eigenvalue weighted by atomic mass is 16.7. The summed E-state index contributed by atoms with van der Waals surface area (Å²) in [6.07, 6.45) is -0.966. The Morgan fingerprint density at radius 2 is 1.55 bits per heavy atom. The Hall–Kier alpha value is -4.21. The molecule has 4 rings (SSSR count). The molecule has 9 heteroatoms. The van der Waals surface area contributed by atoms with Crippen LogP contribution in [0.1, 0.15) is 31.4 Å². The number of nitrogens with one attached hydrogen (secondary N) is 2. The third kappa shape index (κ3) is 6.16. The minimum absolute atomic E-state index is 0.100. The molecule has 0 spiro atoms. The van der Waals surface area contributed by atoms with Crippen molar-refractivity contribution in [2.24, 2.45) is 0 Å². The lowest BCUT2D eigenvalue weighted by atomic mass is 9.87. The molecule has 0 bridgehead atoms. The molecule has 0 saturated heterocycles. The number of hydrogen-bond donors (Lipinski definition) is 2. The first-order valence-electron chi connectivity index (χ1n) is 13.4. The van der Waals surface area contributed by atoms with Crippen molar-refractivity contribution in [3.05, 3.63) is 90.0 Å². The van der Waals surface area contributed by atoms with E-state index in [0.29, 0.717) is 35.8 Å². The summed E-state index contributed by atoms with van der Waals surface area (Å²) in [5, 5.41) is 5.70. The number of carbonyl (C=O) groups excluding carboxylic acids is 3. The van der Waals surface area contributed by atoms with Gasteiger partial charge >= 0.3 is 6.03 Å². The van der Waals surface area contributed by atoms with Crippen molar-refractivity contribution in [3.8, 4) is 0 Å². The van der Waals surface area contributed by atoms with Gasteiger partial charge in [0.15, 0.2) is 11.8 Å². The zero-order valence-corrected chi connectivity index (χ0v) is 23.3. The van der Waals surface area contributed by atoms with Crippen molar-refractivity contribution in [2.45, 2.75) is 39.0 Å². The van der Waals surface area contributed by atoms with Crippen LogP contribution in [-0.2, 0) is 24.6 Å². The number of ether oxygens (including phenoxy) is 2. The van der Waals surface area contributed by atoms with Crippen LogP contribution < -0.4 is 20.4 Å². The maximum atomic E-state index is 14.4. The number of amides is 4. The molecule has 1 atom stereocenters. The summed E-state index contributed by atoms with van der Waals surface area (Å²) in [6.45, 7) is 6.56. The number of para-hydroxylation sites is 2. The van der Waals surface area contributed by atoms with E-state index in [0.717, 1.165) is 5.56 Å². The van der Waals surface area contributed by atoms with Crippen molar-refractivity contribution in [1.29, 1.82) is 0 Å². The van der Waals surface area contributed by atoms with Crippen LogP contribution in [0.4, 0.5) is 21.9 Å². The topological polar surface area (TPSA) is 100 Å². The van der Waals surface area contributed by atoms with E-state index in [1.165, 1.54) is 9.80 Å². The summed E-state index contributed by atoms with van der Waals surface area (Å²) in [4.78, 5) is 44.5. The second-order valence-electron chi connectivity index (χ2n) is 9.59. The van der Waals surface area contributed by atoms with Crippen LogP contribution >= 0.6 is 0 Å². The van der Waals surface area contributed by atoms with Gasteiger partial charge in [0.1, 0.15) is 0 Å². The van der Waals surface area contributed by atoms with Gasteiger partial charge in [0.05, 0.1) is 18.7 Å². The number of anilines is 3. The molecule has 9 nitrogen and oxygen atoms in total. The molecule has 1 aliphatic rings.